The summed E-state index contributed by atoms with van der Waals surface area (Å²) in [5.74, 6) is 0.356. The van der Waals surface area contributed by atoms with E-state index in [9.17, 15) is 4.79 Å². The Bertz CT molecular complexity index is 244. The van der Waals surface area contributed by atoms with Crippen molar-refractivity contribution in [3.63, 3.8) is 0 Å². The lowest BCUT2D eigenvalue weighted by atomic mass is 9.74. The third-order valence-corrected chi connectivity index (χ3v) is 3.69. The number of ether oxygens (including phenoxy) is 1. The maximum absolute atomic E-state index is 12.3. The van der Waals surface area contributed by atoms with Crippen molar-refractivity contribution in [2.45, 2.75) is 72.8 Å². The normalized spacial score (nSPS) is 20.4. The monoisotopic (exact) mass is 240 g/mol. The van der Waals surface area contributed by atoms with Crippen LogP contribution in [0.5, 0.6) is 0 Å². The summed E-state index contributed by atoms with van der Waals surface area (Å²) in [6.07, 6.45) is 6.00. The summed E-state index contributed by atoms with van der Waals surface area (Å²) < 4.78 is 5.70. The Morgan fingerprint density at radius 2 is 1.65 bits per heavy atom. The van der Waals surface area contributed by atoms with Gasteiger partial charge in [0.2, 0.25) is 0 Å². The van der Waals surface area contributed by atoms with Crippen molar-refractivity contribution in [1.29, 1.82) is 0 Å². The van der Waals surface area contributed by atoms with Crippen LogP contribution >= 0.6 is 0 Å². The Labute approximate surface area is 106 Å². The molecule has 0 aromatic carbocycles. The van der Waals surface area contributed by atoms with Crippen LogP contribution in [0.15, 0.2) is 0 Å². The highest BCUT2D eigenvalue weighted by molar-refractivity contribution is 5.73. The van der Waals surface area contributed by atoms with Crippen LogP contribution in [-0.2, 0) is 9.53 Å². The van der Waals surface area contributed by atoms with Crippen LogP contribution in [0.4, 0.5) is 0 Å². The minimum Gasteiger partial charge on any atom is -0.462 e. The minimum absolute atomic E-state index is 0.00410. The number of carbonyl (C=O) groups is 1. The predicted octanol–water partition coefficient (Wildman–Crippen LogP) is 4.18. The average Bonchev–Trinajstić information content (AvgIpc) is 2.15. The second-order valence-electron chi connectivity index (χ2n) is 6.78. The van der Waals surface area contributed by atoms with Crippen LogP contribution in [-0.4, -0.2) is 12.1 Å². The fourth-order valence-electron chi connectivity index (χ4n) is 3.05. The molecule has 1 aliphatic carbocycles. The van der Waals surface area contributed by atoms with Crippen LogP contribution in [0.2, 0.25) is 0 Å². The zero-order valence-electron chi connectivity index (χ0n) is 12.1. The number of hydrogen-bond donors (Lipinski definition) is 0. The van der Waals surface area contributed by atoms with Gasteiger partial charge in [-0.3, -0.25) is 4.79 Å². The van der Waals surface area contributed by atoms with Gasteiger partial charge in [0.15, 0.2) is 0 Å². The van der Waals surface area contributed by atoms with Crippen molar-refractivity contribution in [3.8, 4) is 0 Å². The number of carbonyl (C=O) groups excluding carboxylic acids is 1. The molecule has 1 rings (SSSR count). The quantitative estimate of drug-likeness (QED) is 0.692. The van der Waals surface area contributed by atoms with Crippen LogP contribution in [0.25, 0.3) is 0 Å². The first-order valence-corrected chi connectivity index (χ1v) is 7.03. The highest BCUT2D eigenvalue weighted by Gasteiger charge is 2.36. The molecule has 1 aliphatic rings. The molecule has 2 nitrogen and oxygen atoms in total. The van der Waals surface area contributed by atoms with Crippen LogP contribution in [0.1, 0.15) is 66.7 Å². The lowest BCUT2D eigenvalue weighted by Gasteiger charge is -2.33. The summed E-state index contributed by atoms with van der Waals surface area (Å²) >= 11 is 0. The van der Waals surface area contributed by atoms with E-state index in [2.05, 4.69) is 34.6 Å². The summed E-state index contributed by atoms with van der Waals surface area (Å²) in [6.45, 7) is 10.6. The zero-order chi connectivity index (χ0) is 13.1. The van der Waals surface area contributed by atoms with Gasteiger partial charge >= 0.3 is 5.97 Å². The molecule has 1 fully saturated rings. The number of esters is 1. The first-order valence-electron chi connectivity index (χ1n) is 7.03. The summed E-state index contributed by atoms with van der Waals surface area (Å²) in [7, 11) is 0. The first-order chi connectivity index (χ1) is 7.82. The zero-order valence-corrected chi connectivity index (χ0v) is 12.1. The molecule has 2 heteroatoms. The van der Waals surface area contributed by atoms with E-state index in [1.807, 2.05) is 0 Å². The Balaban J connectivity index is 2.59. The topological polar surface area (TPSA) is 26.3 Å². The van der Waals surface area contributed by atoms with E-state index < -0.39 is 0 Å². The summed E-state index contributed by atoms with van der Waals surface area (Å²) in [6, 6.07) is 0. The highest BCUT2D eigenvalue weighted by atomic mass is 16.5. The van der Waals surface area contributed by atoms with E-state index in [-0.39, 0.29) is 23.4 Å². The Hall–Kier alpha value is -0.530. The van der Waals surface area contributed by atoms with E-state index in [0.717, 1.165) is 12.8 Å². The maximum Gasteiger partial charge on any atom is 0.309 e. The van der Waals surface area contributed by atoms with Gasteiger partial charge < -0.3 is 4.74 Å². The molecule has 100 valence electrons. The molecule has 17 heavy (non-hydrogen) atoms. The van der Waals surface area contributed by atoms with Crippen LogP contribution in [0.3, 0.4) is 0 Å². The molecular weight excluding hydrogens is 212 g/mol. The van der Waals surface area contributed by atoms with Crippen molar-refractivity contribution in [1.82, 2.24) is 0 Å². The molecule has 1 unspecified atom stereocenters. The number of rotatable bonds is 3. The lowest BCUT2D eigenvalue weighted by molar-refractivity contribution is -0.161. The molecule has 0 spiro atoms. The van der Waals surface area contributed by atoms with E-state index in [4.69, 9.17) is 4.74 Å². The molecule has 0 aromatic rings. The smallest absolute Gasteiger partial charge is 0.309 e. The molecule has 0 aromatic heterocycles. The van der Waals surface area contributed by atoms with Crippen LogP contribution < -0.4 is 0 Å². The molecule has 0 saturated heterocycles. The second-order valence-corrected chi connectivity index (χ2v) is 6.78. The van der Waals surface area contributed by atoms with Gasteiger partial charge in [0.05, 0.1) is 5.92 Å². The van der Waals surface area contributed by atoms with E-state index >= 15 is 0 Å². The molecule has 0 radical (unpaired) electrons. The first kappa shape index (κ1) is 14.5. The van der Waals surface area contributed by atoms with E-state index in [1.165, 1.54) is 19.3 Å². The SMILES string of the molecule is CC(C)C(C(=O)OC1CCCCC1)C(C)(C)C. The van der Waals surface area contributed by atoms with Crippen molar-refractivity contribution in [2.75, 3.05) is 0 Å². The maximum atomic E-state index is 12.3. The third kappa shape index (κ3) is 4.33. The second kappa shape index (κ2) is 5.88. The standard InChI is InChI=1S/C15H28O2/c1-11(2)13(15(3,4)5)14(16)17-12-9-7-6-8-10-12/h11-13H,6-10H2,1-5H3. The summed E-state index contributed by atoms with van der Waals surface area (Å²) in [5.41, 5.74) is -0.0140. The van der Waals surface area contributed by atoms with Gasteiger partial charge in [-0.05, 0) is 37.0 Å². The molecular formula is C15H28O2. The van der Waals surface area contributed by atoms with E-state index in [0.29, 0.717) is 5.92 Å². The Kier molecular flexibility index (Phi) is 5.03. The van der Waals surface area contributed by atoms with Gasteiger partial charge in [-0.1, -0.05) is 41.0 Å². The van der Waals surface area contributed by atoms with Gasteiger partial charge in [-0.15, -0.1) is 0 Å². The number of hydrogen-bond acceptors (Lipinski definition) is 2. The van der Waals surface area contributed by atoms with Gasteiger partial charge in [0, 0.05) is 0 Å². The minimum atomic E-state index is -0.0140. The van der Waals surface area contributed by atoms with E-state index in [1.54, 1.807) is 0 Å². The lowest BCUT2D eigenvalue weighted by Crippen LogP contribution is -2.36. The molecule has 1 saturated carbocycles. The van der Waals surface area contributed by atoms with Gasteiger partial charge in [-0.2, -0.15) is 0 Å². The summed E-state index contributed by atoms with van der Waals surface area (Å²) in [4.78, 5) is 12.3. The molecule has 0 bridgehead atoms. The average molecular weight is 240 g/mol. The molecule has 0 N–H and O–H groups in total. The Morgan fingerprint density at radius 3 is 2.06 bits per heavy atom. The van der Waals surface area contributed by atoms with Gasteiger partial charge in [0.25, 0.3) is 0 Å². The molecule has 0 heterocycles. The van der Waals surface area contributed by atoms with Crippen molar-refractivity contribution in [3.05, 3.63) is 0 Å². The van der Waals surface area contributed by atoms with Crippen LogP contribution in [0, 0.1) is 17.3 Å². The fraction of sp³-hybridized carbons (Fsp3) is 0.933. The third-order valence-electron chi connectivity index (χ3n) is 3.69. The highest BCUT2D eigenvalue weighted by Crippen LogP contribution is 2.34. The van der Waals surface area contributed by atoms with Crippen molar-refractivity contribution < 1.29 is 9.53 Å². The molecule has 1 atom stereocenters. The van der Waals surface area contributed by atoms with Gasteiger partial charge in [-0.25, -0.2) is 0 Å². The summed E-state index contributed by atoms with van der Waals surface area (Å²) in [5, 5.41) is 0. The van der Waals surface area contributed by atoms with Crippen molar-refractivity contribution in [2.24, 2.45) is 17.3 Å². The predicted molar refractivity (Wildman–Crippen MR) is 70.7 cm³/mol. The molecule has 0 aliphatic heterocycles. The van der Waals surface area contributed by atoms with Crippen molar-refractivity contribution >= 4 is 5.97 Å². The largest absolute Gasteiger partial charge is 0.462 e. The van der Waals surface area contributed by atoms with Gasteiger partial charge in [0.1, 0.15) is 6.10 Å². The Morgan fingerprint density at radius 1 is 1.12 bits per heavy atom. The fourth-order valence-corrected chi connectivity index (χ4v) is 3.05. The molecule has 0 amide bonds.